The Morgan fingerprint density at radius 1 is 1.37 bits per heavy atom. The summed E-state index contributed by atoms with van der Waals surface area (Å²) in [6.45, 7) is 5.87. The number of nitriles is 1. The number of benzene rings is 1. The number of hydrogen-bond donors (Lipinski definition) is 1. The molecule has 0 aliphatic carbocycles. The molecule has 2 heterocycles. The number of halogens is 2. The summed E-state index contributed by atoms with van der Waals surface area (Å²) in [5, 5.41) is 16.7. The number of thiazole rings is 1. The lowest BCUT2D eigenvalue weighted by molar-refractivity contribution is 0.0527. The zero-order valence-electron chi connectivity index (χ0n) is 16.4. The molecule has 0 spiro atoms. The summed E-state index contributed by atoms with van der Waals surface area (Å²) in [7, 11) is 0. The fourth-order valence-electron chi connectivity index (χ4n) is 2.68. The van der Waals surface area contributed by atoms with Crippen LogP contribution in [0.25, 0.3) is 16.8 Å². The Morgan fingerprint density at radius 3 is 2.80 bits per heavy atom. The van der Waals surface area contributed by atoms with Crippen molar-refractivity contribution < 1.29 is 9.53 Å². The van der Waals surface area contributed by atoms with E-state index >= 15 is 0 Å². The van der Waals surface area contributed by atoms with Crippen molar-refractivity contribution in [2.24, 2.45) is 0 Å². The molecule has 0 saturated heterocycles. The van der Waals surface area contributed by atoms with Crippen molar-refractivity contribution in [2.75, 3.05) is 11.9 Å². The number of aromatic nitrogens is 1. The Hall–Kier alpha value is -2.37. The zero-order chi connectivity index (χ0) is 21.8. The number of hydrogen-bond acceptors (Lipinski definition) is 7. The van der Waals surface area contributed by atoms with Gasteiger partial charge in [-0.15, -0.1) is 22.7 Å². The maximum absolute atomic E-state index is 12.3. The Morgan fingerprint density at radius 2 is 2.13 bits per heavy atom. The maximum atomic E-state index is 12.3. The van der Waals surface area contributed by atoms with Gasteiger partial charge in [0.15, 0.2) is 0 Å². The average Bonchev–Trinajstić information content (AvgIpc) is 3.28. The van der Waals surface area contributed by atoms with E-state index in [2.05, 4.69) is 16.4 Å². The summed E-state index contributed by atoms with van der Waals surface area (Å²) in [6.07, 6.45) is 1.56. The predicted octanol–water partition coefficient (Wildman–Crippen LogP) is 6.95. The highest BCUT2D eigenvalue weighted by molar-refractivity contribution is 7.16. The van der Waals surface area contributed by atoms with E-state index < -0.39 is 0 Å². The van der Waals surface area contributed by atoms with E-state index in [0.717, 1.165) is 16.0 Å². The van der Waals surface area contributed by atoms with Crippen LogP contribution >= 0.6 is 45.9 Å². The molecule has 3 aromatic rings. The van der Waals surface area contributed by atoms with E-state index in [-0.39, 0.29) is 5.97 Å². The highest BCUT2D eigenvalue weighted by atomic mass is 35.5. The molecule has 0 radical (unpaired) electrons. The molecule has 0 aliphatic rings. The smallest absolute Gasteiger partial charge is 0.341 e. The molecule has 0 unspecified atom stereocenters. The van der Waals surface area contributed by atoms with Gasteiger partial charge >= 0.3 is 5.97 Å². The van der Waals surface area contributed by atoms with Crippen LogP contribution in [0.5, 0.6) is 0 Å². The van der Waals surface area contributed by atoms with Gasteiger partial charge in [-0.1, -0.05) is 23.2 Å². The molecule has 0 atom stereocenters. The van der Waals surface area contributed by atoms with Crippen molar-refractivity contribution in [1.82, 2.24) is 4.98 Å². The van der Waals surface area contributed by atoms with E-state index in [1.54, 1.807) is 31.3 Å². The Bertz CT molecular complexity index is 1180. The van der Waals surface area contributed by atoms with Crippen LogP contribution in [0.15, 0.2) is 29.8 Å². The fourth-order valence-corrected chi connectivity index (χ4v) is 4.98. The number of thiophene rings is 1. The van der Waals surface area contributed by atoms with E-state index in [4.69, 9.17) is 27.9 Å². The normalized spacial score (nSPS) is 11.3. The first-order valence-corrected chi connectivity index (χ1v) is 11.4. The molecule has 0 fully saturated rings. The molecule has 5 nitrogen and oxygen atoms in total. The molecule has 1 aromatic carbocycles. The maximum Gasteiger partial charge on any atom is 0.341 e. The van der Waals surface area contributed by atoms with Gasteiger partial charge in [0.25, 0.3) is 0 Å². The number of nitrogens with one attached hydrogen (secondary N) is 1. The van der Waals surface area contributed by atoms with Gasteiger partial charge in [-0.3, -0.25) is 0 Å². The van der Waals surface area contributed by atoms with Gasteiger partial charge in [-0.05, 0) is 44.5 Å². The van der Waals surface area contributed by atoms with Crippen LogP contribution < -0.4 is 5.32 Å². The minimum absolute atomic E-state index is 0.293. The van der Waals surface area contributed by atoms with Gasteiger partial charge in [0.1, 0.15) is 21.7 Å². The number of carbonyl (C=O) groups is 1. The number of esters is 1. The van der Waals surface area contributed by atoms with Crippen molar-refractivity contribution in [3.8, 4) is 17.3 Å². The van der Waals surface area contributed by atoms with Crippen molar-refractivity contribution in [3.05, 3.63) is 60.8 Å². The summed E-state index contributed by atoms with van der Waals surface area (Å²) in [6, 6.07) is 7.34. The zero-order valence-corrected chi connectivity index (χ0v) is 19.5. The average molecular weight is 478 g/mol. The van der Waals surface area contributed by atoms with Crippen molar-refractivity contribution in [2.45, 2.75) is 20.8 Å². The quantitative estimate of drug-likeness (QED) is 0.307. The van der Waals surface area contributed by atoms with Crippen LogP contribution in [-0.2, 0) is 4.74 Å². The molecule has 30 heavy (non-hydrogen) atoms. The van der Waals surface area contributed by atoms with Gasteiger partial charge in [0.2, 0.25) is 0 Å². The van der Waals surface area contributed by atoms with Crippen molar-refractivity contribution in [1.29, 1.82) is 5.26 Å². The third-order valence-corrected chi connectivity index (χ3v) is 6.84. The van der Waals surface area contributed by atoms with Gasteiger partial charge in [-0.25, -0.2) is 9.78 Å². The molecule has 154 valence electrons. The molecule has 1 N–H and O–H groups in total. The molecule has 2 aromatic heterocycles. The molecule has 0 bridgehead atoms. The molecule has 0 saturated carbocycles. The topological polar surface area (TPSA) is 75.0 Å². The monoisotopic (exact) mass is 477 g/mol. The minimum atomic E-state index is -0.386. The number of allylic oxidation sites excluding steroid dienone is 1. The SMILES string of the molecule is CCOC(=O)c1c(NC=C(C#N)c2nc(-c3ccc(Cl)cc3Cl)cs2)sc(C)c1C. The summed E-state index contributed by atoms with van der Waals surface area (Å²) >= 11 is 15.0. The van der Waals surface area contributed by atoms with Crippen molar-refractivity contribution >= 4 is 62.4 Å². The third kappa shape index (κ3) is 4.68. The Kier molecular flexibility index (Phi) is 7.16. The lowest BCUT2D eigenvalue weighted by Crippen LogP contribution is -2.07. The largest absolute Gasteiger partial charge is 0.462 e. The van der Waals surface area contributed by atoms with Gasteiger partial charge in [-0.2, -0.15) is 5.26 Å². The number of rotatable bonds is 6. The Labute approximate surface area is 192 Å². The summed E-state index contributed by atoms with van der Waals surface area (Å²) in [5.41, 5.74) is 3.09. The van der Waals surface area contributed by atoms with E-state index in [9.17, 15) is 10.1 Å². The second-order valence-electron chi connectivity index (χ2n) is 6.18. The van der Waals surface area contributed by atoms with E-state index in [1.165, 1.54) is 22.7 Å². The lowest BCUT2D eigenvalue weighted by atomic mass is 10.1. The highest BCUT2D eigenvalue weighted by Gasteiger charge is 2.20. The third-order valence-electron chi connectivity index (χ3n) is 4.27. The Balaban J connectivity index is 1.90. The number of carbonyl (C=O) groups excluding carboxylic acids is 1. The van der Waals surface area contributed by atoms with Crippen LogP contribution in [-0.4, -0.2) is 17.6 Å². The predicted molar refractivity (Wildman–Crippen MR) is 125 cm³/mol. The summed E-state index contributed by atoms with van der Waals surface area (Å²) < 4.78 is 5.16. The molecular weight excluding hydrogens is 461 g/mol. The molecule has 0 aliphatic heterocycles. The van der Waals surface area contributed by atoms with E-state index in [1.807, 2.05) is 19.2 Å². The lowest BCUT2D eigenvalue weighted by Gasteiger charge is -2.05. The van der Waals surface area contributed by atoms with Gasteiger partial charge in [0, 0.05) is 27.0 Å². The molecule has 9 heteroatoms. The van der Waals surface area contributed by atoms with Crippen LogP contribution in [0, 0.1) is 25.2 Å². The number of nitrogens with zero attached hydrogens (tertiary/aromatic N) is 2. The highest BCUT2D eigenvalue weighted by Crippen LogP contribution is 2.35. The van der Waals surface area contributed by atoms with Gasteiger partial charge < -0.3 is 10.1 Å². The first-order valence-electron chi connectivity index (χ1n) is 8.90. The summed E-state index contributed by atoms with van der Waals surface area (Å²) in [5.74, 6) is -0.386. The summed E-state index contributed by atoms with van der Waals surface area (Å²) in [4.78, 5) is 17.9. The minimum Gasteiger partial charge on any atom is -0.462 e. The molecular formula is C21H17Cl2N3O2S2. The second-order valence-corrected chi connectivity index (χ2v) is 9.11. The molecule has 0 amide bonds. The van der Waals surface area contributed by atoms with Crippen LogP contribution in [0.4, 0.5) is 5.00 Å². The van der Waals surface area contributed by atoms with Crippen LogP contribution in [0.2, 0.25) is 10.0 Å². The number of aryl methyl sites for hydroxylation is 1. The number of ether oxygens (including phenoxy) is 1. The second kappa shape index (κ2) is 9.63. The van der Waals surface area contributed by atoms with Crippen LogP contribution in [0.1, 0.15) is 32.7 Å². The van der Waals surface area contributed by atoms with Gasteiger partial charge in [0.05, 0.1) is 22.9 Å². The molecule has 3 rings (SSSR count). The fraction of sp³-hybridized carbons (Fsp3) is 0.190. The number of anilines is 1. The first-order chi connectivity index (χ1) is 14.3. The van der Waals surface area contributed by atoms with Crippen molar-refractivity contribution in [3.63, 3.8) is 0 Å². The van der Waals surface area contributed by atoms with E-state index in [0.29, 0.717) is 43.5 Å². The van der Waals surface area contributed by atoms with Crippen LogP contribution in [0.3, 0.4) is 0 Å². The first kappa shape index (κ1) is 22.3. The standard InChI is InChI=1S/C21H17Cl2N3O2S2/c1-4-28-21(27)18-11(2)12(3)30-20(18)25-9-13(8-24)19-26-17(10-29-19)15-6-5-14(22)7-16(15)23/h5-7,9-10,25H,4H2,1-3H3.